The fraction of sp³-hybridized carbons (Fsp3) is 0.385. The molecule has 1 atom stereocenters. The van der Waals surface area contributed by atoms with Crippen molar-refractivity contribution in [3.63, 3.8) is 0 Å². The van der Waals surface area contributed by atoms with Gasteiger partial charge in [0.05, 0.1) is 19.4 Å². The number of pyridine rings is 1. The van der Waals surface area contributed by atoms with Crippen LogP contribution in [0.4, 0.5) is 5.82 Å². The standard InChI is InChI=1S/C22H25N5O3.2C2H6/c1-4-30-19-10-7-15-11-18(14-5-8-17(29-3)9-6-14)21(28)27(20(15)26-19)16-12-24-22(23-2)25-13-16;2*1-2/h5-12,19,26H,4,13H2,1-3H3,(H2,23,24,25);2*1-2H3. The van der Waals surface area contributed by atoms with E-state index in [-0.39, 0.29) is 11.8 Å². The van der Waals surface area contributed by atoms with Gasteiger partial charge < -0.3 is 25.4 Å². The van der Waals surface area contributed by atoms with Crippen LogP contribution >= 0.6 is 0 Å². The molecule has 0 aliphatic carbocycles. The van der Waals surface area contributed by atoms with Crippen LogP contribution in [0.2, 0.25) is 0 Å². The number of guanidine groups is 1. The molecule has 34 heavy (non-hydrogen) atoms. The van der Waals surface area contributed by atoms with Gasteiger partial charge in [0.25, 0.3) is 5.56 Å². The fourth-order valence-electron chi connectivity index (χ4n) is 3.53. The van der Waals surface area contributed by atoms with Crippen molar-refractivity contribution in [1.29, 1.82) is 0 Å². The summed E-state index contributed by atoms with van der Waals surface area (Å²) >= 11 is 0. The van der Waals surface area contributed by atoms with Crippen molar-refractivity contribution in [3.8, 4) is 16.9 Å². The third kappa shape index (κ3) is 5.88. The van der Waals surface area contributed by atoms with E-state index in [0.717, 1.165) is 22.6 Å². The van der Waals surface area contributed by atoms with E-state index in [9.17, 15) is 4.79 Å². The predicted octanol–water partition coefficient (Wildman–Crippen LogP) is 4.35. The first-order valence-corrected chi connectivity index (χ1v) is 11.8. The summed E-state index contributed by atoms with van der Waals surface area (Å²) in [5.74, 6) is 2.10. The predicted molar refractivity (Wildman–Crippen MR) is 142 cm³/mol. The molecule has 0 radical (unpaired) electrons. The van der Waals surface area contributed by atoms with Crippen LogP contribution in [0, 0.1) is 0 Å². The highest BCUT2D eigenvalue weighted by Gasteiger charge is 2.23. The maximum atomic E-state index is 13.6. The molecule has 0 bridgehead atoms. The second-order valence-electron chi connectivity index (χ2n) is 6.82. The van der Waals surface area contributed by atoms with E-state index >= 15 is 0 Å². The quantitative estimate of drug-likeness (QED) is 0.606. The van der Waals surface area contributed by atoms with Crippen LogP contribution in [0.25, 0.3) is 22.9 Å². The molecule has 184 valence electrons. The summed E-state index contributed by atoms with van der Waals surface area (Å²) in [6.07, 6.45) is 5.44. The topological polar surface area (TPSA) is 88.9 Å². The first kappa shape index (κ1) is 26.7. The zero-order valence-corrected chi connectivity index (χ0v) is 21.2. The summed E-state index contributed by atoms with van der Waals surface area (Å²) in [4.78, 5) is 17.7. The molecule has 0 saturated heterocycles. The third-order valence-corrected chi connectivity index (χ3v) is 5.03. The lowest BCUT2D eigenvalue weighted by Crippen LogP contribution is -2.43. The second kappa shape index (κ2) is 13.3. The summed E-state index contributed by atoms with van der Waals surface area (Å²) in [5, 5.41) is 9.60. The molecular formula is C26H37N5O3. The molecule has 2 aliphatic rings. The summed E-state index contributed by atoms with van der Waals surface area (Å²) in [7, 11) is 3.32. The molecule has 1 aromatic carbocycles. The number of nitrogens with one attached hydrogen (secondary N) is 3. The van der Waals surface area contributed by atoms with Crippen LogP contribution in [0.5, 0.6) is 5.75 Å². The van der Waals surface area contributed by atoms with E-state index in [1.165, 1.54) is 0 Å². The highest BCUT2D eigenvalue weighted by atomic mass is 16.5. The number of aliphatic imine (C=N–C) groups is 1. The Bertz CT molecular complexity index is 1080. The fourth-order valence-corrected chi connectivity index (χ4v) is 3.53. The minimum atomic E-state index is -0.294. The Balaban J connectivity index is 0.000000970. The summed E-state index contributed by atoms with van der Waals surface area (Å²) < 4.78 is 12.6. The zero-order valence-electron chi connectivity index (χ0n) is 21.2. The smallest absolute Gasteiger partial charge is 0.264 e. The van der Waals surface area contributed by atoms with E-state index < -0.39 is 0 Å². The maximum absolute atomic E-state index is 13.6. The Labute approximate surface area is 202 Å². The van der Waals surface area contributed by atoms with E-state index in [4.69, 9.17) is 9.47 Å². The molecule has 0 saturated carbocycles. The van der Waals surface area contributed by atoms with Crippen molar-refractivity contribution in [2.24, 2.45) is 4.99 Å². The van der Waals surface area contributed by atoms with Crippen molar-refractivity contribution in [1.82, 2.24) is 15.2 Å². The number of fused-ring (bicyclic) bond motifs is 1. The Morgan fingerprint density at radius 3 is 2.41 bits per heavy atom. The molecule has 0 amide bonds. The van der Waals surface area contributed by atoms with Gasteiger partial charge in [-0.3, -0.25) is 14.4 Å². The van der Waals surface area contributed by atoms with Crippen LogP contribution in [0.1, 0.15) is 40.2 Å². The molecule has 8 heteroatoms. The minimum Gasteiger partial charge on any atom is -0.497 e. The Hall–Kier alpha value is -3.52. The number of anilines is 1. The largest absolute Gasteiger partial charge is 0.497 e. The number of rotatable bonds is 5. The lowest BCUT2D eigenvalue weighted by atomic mass is 10.0. The molecule has 4 rings (SSSR count). The first-order chi connectivity index (χ1) is 16.6. The lowest BCUT2D eigenvalue weighted by molar-refractivity contribution is 0.115. The van der Waals surface area contributed by atoms with E-state index in [0.29, 0.717) is 30.5 Å². The number of aromatic nitrogens is 1. The van der Waals surface area contributed by atoms with E-state index in [2.05, 4.69) is 20.9 Å². The van der Waals surface area contributed by atoms with Crippen molar-refractivity contribution in [2.75, 3.05) is 32.6 Å². The van der Waals surface area contributed by atoms with Crippen LogP contribution < -0.4 is 26.2 Å². The Morgan fingerprint density at radius 1 is 1.15 bits per heavy atom. The molecule has 1 unspecified atom stereocenters. The number of nitrogens with zero attached hydrogens (tertiary/aromatic N) is 2. The summed E-state index contributed by atoms with van der Waals surface area (Å²) in [6, 6.07) is 9.39. The molecule has 1 aromatic heterocycles. The monoisotopic (exact) mass is 467 g/mol. The van der Waals surface area contributed by atoms with Gasteiger partial charge in [0.2, 0.25) is 0 Å². The summed E-state index contributed by atoms with van der Waals surface area (Å²) in [6.45, 7) is 11.0. The normalized spacial score (nSPS) is 16.9. The third-order valence-electron chi connectivity index (χ3n) is 5.03. The van der Waals surface area contributed by atoms with Gasteiger partial charge in [-0.1, -0.05) is 45.9 Å². The van der Waals surface area contributed by atoms with Gasteiger partial charge >= 0.3 is 0 Å². The molecule has 3 N–H and O–H groups in total. The molecule has 3 heterocycles. The van der Waals surface area contributed by atoms with E-state index in [1.807, 2.05) is 77.1 Å². The lowest BCUT2D eigenvalue weighted by Gasteiger charge is -2.28. The SMILES string of the molecule is CC.CC.CCOC1C=Cc2cc(-c3ccc(OC)cc3)c(=O)n(C3=CNC(=NC)NC3)c2N1. The van der Waals surface area contributed by atoms with Crippen LogP contribution in [-0.4, -0.2) is 44.1 Å². The van der Waals surface area contributed by atoms with Gasteiger partial charge in [0, 0.05) is 31.0 Å². The Kier molecular flexibility index (Phi) is 10.4. The van der Waals surface area contributed by atoms with Gasteiger partial charge in [-0.05, 0) is 36.8 Å². The summed E-state index contributed by atoms with van der Waals surface area (Å²) in [5.41, 5.74) is 2.99. The number of ether oxygens (including phenoxy) is 2. The molecular weight excluding hydrogens is 430 g/mol. The van der Waals surface area contributed by atoms with Crippen LogP contribution in [-0.2, 0) is 4.74 Å². The van der Waals surface area contributed by atoms with Gasteiger partial charge in [-0.15, -0.1) is 0 Å². The average molecular weight is 468 g/mol. The number of hydrogen-bond donors (Lipinski definition) is 3. The molecule has 2 aliphatic heterocycles. The van der Waals surface area contributed by atoms with Crippen molar-refractivity contribution >= 4 is 23.6 Å². The number of hydrogen-bond acceptors (Lipinski definition) is 5. The van der Waals surface area contributed by atoms with Gasteiger partial charge in [-0.2, -0.15) is 0 Å². The molecule has 0 fully saturated rings. The van der Waals surface area contributed by atoms with Crippen molar-refractivity contribution < 1.29 is 9.47 Å². The number of benzene rings is 1. The van der Waals surface area contributed by atoms with Gasteiger partial charge in [0.1, 0.15) is 17.8 Å². The maximum Gasteiger partial charge on any atom is 0.264 e. The minimum absolute atomic E-state index is 0.122. The second-order valence-corrected chi connectivity index (χ2v) is 6.82. The average Bonchev–Trinajstić information content (AvgIpc) is 2.91. The molecule has 8 nitrogen and oxygen atoms in total. The van der Waals surface area contributed by atoms with Crippen molar-refractivity contribution in [3.05, 3.63) is 58.5 Å². The number of methoxy groups -OCH3 is 1. The molecule has 0 spiro atoms. The van der Waals surface area contributed by atoms with Crippen LogP contribution in [0.15, 0.2) is 52.4 Å². The van der Waals surface area contributed by atoms with Gasteiger partial charge in [0.15, 0.2) is 5.96 Å². The van der Waals surface area contributed by atoms with Crippen LogP contribution in [0.3, 0.4) is 0 Å². The highest BCUT2D eigenvalue weighted by Crippen LogP contribution is 2.29. The zero-order chi connectivity index (χ0) is 25.1. The van der Waals surface area contributed by atoms with Crippen molar-refractivity contribution in [2.45, 2.75) is 40.8 Å². The molecule has 2 aromatic rings. The first-order valence-electron chi connectivity index (χ1n) is 11.8. The van der Waals surface area contributed by atoms with Gasteiger partial charge in [-0.25, -0.2) is 0 Å². The van der Waals surface area contributed by atoms with E-state index in [1.54, 1.807) is 24.9 Å². The highest BCUT2D eigenvalue weighted by molar-refractivity contribution is 5.86. The Morgan fingerprint density at radius 2 is 1.85 bits per heavy atom.